The highest BCUT2D eigenvalue weighted by Gasteiger charge is 2.29. The molecule has 0 N–H and O–H groups in total. The van der Waals surface area contributed by atoms with Gasteiger partial charge >= 0.3 is 0 Å². The molecule has 0 bridgehead atoms. The number of benzene rings is 1. The summed E-state index contributed by atoms with van der Waals surface area (Å²) >= 11 is 0. The Balaban J connectivity index is 3.41. The van der Waals surface area contributed by atoms with Crippen molar-refractivity contribution in [2.24, 2.45) is 0 Å². The minimum Gasteiger partial charge on any atom is -0.493 e. The number of halogens is 2. The quantitative estimate of drug-likeness (QED) is 0.814. The van der Waals surface area contributed by atoms with Gasteiger partial charge in [-0.2, -0.15) is 5.26 Å². The number of hydrogen-bond donors (Lipinski definition) is 0. The molecule has 0 amide bonds. The second-order valence-electron chi connectivity index (χ2n) is 3.59. The van der Waals surface area contributed by atoms with Crippen LogP contribution in [0.4, 0.5) is 8.78 Å². The van der Waals surface area contributed by atoms with Gasteiger partial charge in [0.15, 0.2) is 11.5 Å². The number of methoxy groups -OCH3 is 2. The van der Waals surface area contributed by atoms with Gasteiger partial charge in [-0.3, -0.25) is 0 Å². The molecule has 92 valence electrons. The lowest BCUT2D eigenvalue weighted by atomic mass is 9.99. The van der Waals surface area contributed by atoms with E-state index in [2.05, 4.69) is 0 Å². The average Bonchev–Trinajstić information content (AvgIpc) is 2.27. The molecule has 0 aliphatic heterocycles. The van der Waals surface area contributed by atoms with Gasteiger partial charge in [-0.1, -0.05) is 0 Å². The summed E-state index contributed by atoms with van der Waals surface area (Å²) in [6, 6.07) is 4.48. The smallest absolute Gasteiger partial charge is 0.270 e. The van der Waals surface area contributed by atoms with Crippen molar-refractivity contribution in [3.63, 3.8) is 0 Å². The van der Waals surface area contributed by atoms with Gasteiger partial charge in [0.2, 0.25) is 0 Å². The summed E-state index contributed by atoms with van der Waals surface area (Å²) in [5, 5.41) is 8.63. The van der Waals surface area contributed by atoms with E-state index >= 15 is 0 Å². The van der Waals surface area contributed by atoms with Crippen molar-refractivity contribution in [1.29, 1.82) is 5.26 Å². The highest BCUT2D eigenvalue weighted by atomic mass is 19.3. The molecule has 0 saturated carbocycles. The summed E-state index contributed by atoms with van der Waals surface area (Å²) in [5.41, 5.74) is 0.0364. The average molecular weight is 241 g/mol. The molecule has 0 spiro atoms. The Hall–Kier alpha value is -1.83. The predicted molar refractivity (Wildman–Crippen MR) is 58.4 cm³/mol. The molecular weight excluding hydrogens is 228 g/mol. The van der Waals surface area contributed by atoms with E-state index in [4.69, 9.17) is 14.7 Å². The van der Waals surface area contributed by atoms with Gasteiger partial charge < -0.3 is 9.47 Å². The van der Waals surface area contributed by atoms with E-state index in [1.54, 1.807) is 0 Å². The van der Waals surface area contributed by atoms with Crippen LogP contribution in [0.15, 0.2) is 12.1 Å². The Morgan fingerprint density at radius 1 is 1.24 bits per heavy atom. The first kappa shape index (κ1) is 13.2. The van der Waals surface area contributed by atoms with Crippen LogP contribution < -0.4 is 9.47 Å². The van der Waals surface area contributed by atoms with Gasteiger partial charge in [0.05, 0.1) is 26.7 Å². The van der Waals surface area contributed by atoms with Crippen LogP contribution in [0.5, 0.6) is 11.5 Å². The molecule has 0 unspecified atom stereocenters. The summed E-state index contributed by atoms with van der Waals surface area (Å²) < 4.78 is 36.7. The summed E-state index contributed by atoms with van der Waals surface area (Å²) in [5.74, 6) is -2.46. The molecule has 5 heteroatoms. The van der Waals surface area contributed by atoms with Crippen LogP contribution in [0.25, 0.3) is 0 Å². The lowest BCUT2D eigenvalue weighted by Crippen LogP contribution is -2.11. The van der Waals surface area contributed by atoms with Crippen LogP contribution in [-0.2, 0) is 12.3 Å². The third-order valence-corrected chi connectivity index (χ3v) is 2.35. The SMILES string of the molecule is COc1cc(CC#N)c(C(C)(F)F)cc1OC. The fraction of sp³-hybridized carbons (Fsp3) is 0.417. The molecule has 0 fully saturated rings. The van der Waals surface area contributed by atoms with E-state index in [0.29, 0.717) is 5.75 Å². The van der Waals surface area contributed by atoms with Crippen molar-refractivity contribution < 1.29 is 18.3 Å². The van der Waals surface area contributed by atoms with Crippen LogP contribution in [0.2, 0.25) is 0 Å². The highest BCUT2D eigenvalue weighted by Crippen LogP contribution is 2.38. The molecule has 0 saturated heterocycles. The molecule has 0 heterocycles. The van der Waals surface area contributed by atoms with Crippen molar-refractivity contribution in [2.45, 2.75) is 19.3 Å². The van der Waals surface area contributed by atoms with Crippen LogP contribution in [0.1, 0.15) is 18.1 Å². The van der Waals surface area contributed by atoms with Crippen LogP contribution in [-0.4, -0.2) is 14.2 Å². The van der Waals surface area contributed by atoms with Crippen molar-refractivity contribution >= 4 is 0 Å². The van der Waals surface area contributed by atoms with Gasteiger partial charge in [-0.25, -0.2) is 8.78 Å². The fourth-order valence-corrected chi connectivity index (χ4v) is 1.56. The maximum Gasteiger partial charge on any atom is 0.270 e. The number of ether oxygens (including phenoxy) is 2. The monoisotopic (exact) mass is 241 g/mol. The van der Waals surface area contributed by atoms with Crippen molar-refractivity contribution in [2.75, 3.05) is 14.2 Å². The minimum atomic E-state index is -3.02. The van der Waals surface area contributed by atoms with E-state index in [1.165, 1.54) is 26.4 Å². The van der Waals surface area contributed by atoms with Gasteiger partial charge in [-0.15, -0.1) is 0 Å². The van der Waals surface area contributed by atoms with Crippen molar-refractivity contribution in [3.8, 4) is 17.6 Å². The van der Waals surface area contributed by atoms with Gasteiger partial charge in [0.1, 0.15) is 0 Å². The van der Waals surface area contributed by atoms with Gasteiger partial charge in [0.25, 0.3) is 5.92 Å². The number of nitriles is 1. The summed E-state index contributed by atoms with van der Waals surface area (Å²) in [4.78, 5) is 0. The lowest BCUT2D eigenvalue weighted by molar-refractivity contribution is 0.0164. The molecule has 0 aromatic heterocycles. The summed E-state index contributed by atoms with van der Waals surface area (Å²) in [6.07, 6.45) is -0.0981. The zero-order valence-corrected chi connectivity index (χ0v) is 9.88. The first-order valence-corrected chi connectivity index (χ1v) is 4.94. The van der Waals surface area contributed by atoms with Crippen molar-refractivity contribution in [1.82, 2.24) is 0 Å². The number of nitrogens with zero attached hydrogens (tertiary/aromatic N) is 1. The van der Waals surface area contributed by atoms with Crippen LogP contribution in [0.3, 0.4) is 0 Å². The maximum atomic E-state index is 13.4. The Morgan fingerprint density at radius 2 is 1.76 bits per heavy atom. The molecule has 1 aromatic carbocycles. The zero-order valence-electron chi connectivity index (χ0n) is 9.88. The molecule has 0 aliphatic carbocycles. The molecule has 3 nitrogen and oxygen atoms in total. The Kier molecular flexibility index (Phi) is 3.89. The Labute approximate surface area is 98.6 Å². The Morgan fingerprint density at radius 3 is 2.18 bits per heavy atom. The lowest BCUT2D eigenvalue weighted by Gasteiger charge is -2.17. The van der Waals surface area contributed by atoms with E-state index in [1.807, 2.05) is 6.07 Å². The second-order valence-corrected chi connectivity index (χ2v) is 3.59. The highest BCUT2D eigenvalue weighted by molar-refractivity contribution is 5.49. The second kappa shape index (κ2) is 5.00. The zero-order chi connectivity index (χ0) is 13.1. The molecular formula is C12H13F2NO2. The van der Waals surface area contributed by atoms with Crippen molar-refractivity contribution in [3.05, 3.63) is 23.3 Å². The standard InChI is InChI=1S/C12H13F2NO2/c1-12(13,14)9-7-11(17-3)10(16-2)6-8(9)4-5-15/h6-7H,4H2,1-3H3. The molecule has 17 heavy (non-hydrogen) atoms. The first-order chi connectivity index (χ1) is 7.93. The third kappa shape index (κ3) is 2.84. The third-order valence-electron chi connectivity index (χ3n) is 2.35. The number of rotatable bonds is 4. The normalized spacial score (nSPS) is 10.8. The van der Waals surface area contributed by atoms with Gasteiger partial charge in [0, 0.05) is 12.5 Å². The molecule has 1 rings (SSSR count). The maximum absolute atomic E-state index is 13.4. The predicted octanol–water partition coefficient (Wildman–Crippen LogP) is 2.88. The fourth-order valence-electron chi connectivity index (χ4n) is 1.56. The van der Waals surface area contributed by atoms with Crippen LogP contribution in [0, 0.1) is 11.3 Å². The molecule has 0 radical (unpaired) electrons. The van der Waals surface area contributed by atoms with E-state index in [-0.39, 0.29) is 23.3 Å². The Bertz CT molecular complexity index is 447. The van der Waals surface area contributed by atoms with E-state index in [0.717, 1.165) is 6.92 Å². The van der Waals surface area contributed by atoms with E-state index in [9.17, 15) is 8.78 Å². The van der Waals surface area contributed by atoms with Crippen LogP contribution >= 0.6 is 0 Å². The summed E-state index contributed by atoms with van der Waals surface area (Å²) in [6.45, 7) is 0.787. The minimum absolute atomic E-state index is 0.0981. The molecule has 1 aromatic rings. The molecule has 0 atom stereocenters. The summed E-state index contributed by atoms with van der Waals surface area (Å²) in [7, 11) is 2.79. The largest absolute Gasteiger partial charge is 0.493 e. The topological polar surface area (TPSA) is 42.2 Å². The number of hydrogen-bond acceptors (Lipinski definition) is 3. The first-order valence-electron chi connectivity index (χ1n) is 4.94. The van der Waals surface area contributed by atoms with Gasteiger partial charge in [-0.05, 0) is 17.7 Å². The number of alkyl halides is 2. The molecule has 0 aliphatic rings. The van der Waals surface area contributed by atoms with E-state index < -0.39 is 5.92 Å².